The second-order valence-electron chi connectivity index (χ2n) is 7.16. The number of carboxylic acids is 1. The third-order valence-corrected chi connectivity index (χ3v) is 5.11. The molecule has 1 amide bonds. The maximum atomic E-state index is 12.7. The molecule has 19 heavy (non-hydrogen) atoms. The van der Waals surface area contributed by atoms with Crippen LogP contribution in [-0.2, 0) is 9.59 Å². The first-order chi connectivity index (χ1) is 8.76. The number of hydrogen-bond donors (Lipinski definition) is 1. The Hall–Kier alpha value is -1.06. The first-order valence-electron chi connectivity index (χ1n) is 7.28. The number of carbonyl (C=O) groups is 2. The van der Waals surface area contributed by atoms with Crippen molar-refractivity contribution in [3.63, 3.8) is 0 Å². The highest BCUT2D eigenvalue weighted by Crippen LogP contribution is 2.42. The summed E-state index contributed by atoms with van der Waals surface area (Å²) in [5, 5.41) is 9.25. The number of aliphatic carboxylic acids is 1. The van der Waals surface area contributed by atoms with Crippen molar-refractivity contribution in [2.75, 3.05) is 13.1 Å². The average Bonchev–Trinajstić information content (AvgIpc) is 2.72. The van der Waals surface area contributed by atoms with Gasteiger partial charge in [-0.2, -0.15) is 0 Å². The Morgan fingerprint density at radius 1 is 1.16 bits per heavy atom. The summed E-state index contributed by atoms with van der Waals surface area (Å²) in [5.41, 5.74) is -0.702. The highest BCUT2D eigenvalue weighted by atomic mass is 16.4. The van der Waals surface area contributed by atoms with Gasteiger partial charge in [0.1, 0.15) is 0 Å². The van der Waals surface area contributed by atoms with Crippen molar-refractivity contribution in [1.82, 2.24) is 4.90 Å². The van der Waals surface area contributed by atoms with Crippen molar-refractivity contribution in [2.24, 2.45) is 16.7 Å². The smallest absolute Gasteiger partial charge is 0.311 e. The highest BCUT2D eigenvalue weighted by molar-refractivity contribution is 5.82. The molecule has 2 aliphatic rings. The van der Waals surface area contributed by atoms with Crippen LogP contribution in [0.5, 0.6) is 0 Å². The SMILES string of the molecule is CC1(C(=O)O)CCN(C(=O)C2CCCCC2(C)C)C1. The normalized spacial score (nSPS) is 34.3. The van der Waals surface area contributed by atoms with Crippen LogP contribution in [0.15, 0.2) is 0 Å². The van der Waals surface area contributed by atoms with E-state index >= 15 is 0 Å². The molecule has 1 N–H and O–H groups in total. The molecule has 0 spiro atoms. The van der Waals surface area contributed by atoms with E-state index in [0.29, 0.717) is 19.5 Å². The number of amides is 1. The fourth-order valence-corrected chi connectivity index (χ4v) is 3.50. The summed E-state index contributed by atoms with van der Waals surface area (Å²) >= 11 is 0. The zero-order valence-corrected chi connectivity index (χ0v) is 12.2. The Labute approximate surface area is 115 Å². The lowest BCUT2D eigenvalue weighted by Crippen LogP contribution is -2.44. The van der Waals surface area contributed by atoms with Gasteiger partial charge in [0, 0.05) is 19.0 Å². The van der Waals surface area contributed by atoms with Crippen LogP contribution in [0.25, 0.3) is 0 Å². The van der Waals surface area contributed by atoms with Crippen LogP contribution in [-0.4, -0.2) is 35.0 Å². The molecule has 0 aromatic carbocycles. The quantitative estimate of drug-likeness (QED) is 0.836. The number of likely N-dealkylation sites (tertiary alicyclic amines) is 1. The minimum Gasteiger partial charge on any atom is -0.481 e. The molecule has 4 nitrogen and oxygen atoms in total. The molecule has 108 valence electrons. The van der Waals surface area contributed by atoms with Gasteiger partial charge >= 0.3 is 5.97 Å². The predicted octanol–water partition coefficient (Wildman–Crippen LogP) is 2.53. The van der Waals surface area contributed by atoms with Gasteiger partial charge in [0.15, 0.2) is 0 Å². The first-order valence-corrected chi connectivity index (χ1v) is 7.28. The van der Waals surface area contributed by atoms with Gasteiger partial charge in [-0.1, -0.05) is 26.7 Å². The lowest BCUT2D eigenvalue weighted by atomic mass is 9.68. The Kier molecular flexibility index (Phi) is 3.63. The van der Waals surface area contributed by atoms with Gasteiger partial charge in [-0.15, -0.1) is 0 Å². The van der Waals surface area contributed by atoms with Crippen LogP contribution in [0.2, 0.25) is 0 Å². The summed E-state index contributed by atoms with van der Waals surface area (Å²) in [6.07, 6.45) is 4.92. The van der Waals surface area contributed by atoms with E-state index in [9.17, 15) is 14.7 Å². The Balaban J connectivity index is 2.07. The van der Waals surface area contributed by atoms with E-state index in [0.717, 1.165) is 19.3 Å². The third-order valence-electron chi connectivity index (χ3n) is 5.11. The van der Waals surface area contributed by atoms with E-state index in [1.54, 1.807) is 11.8 Å². The molecule has 4 heteroatoms. The lowest BCUT2D eigenvalue weighted by molar-refractivity contribution is -0.148. The van der Waals surface area contributed by atoms with Crippen LogP contribution in [0, 0.1) is 16.7 Å². The van der Waals surface area contributed by atoms with E-state index < -0.39 is 11.4 Å². The molecule has 0 radical (unpaired) electrons. The van der Waals surface area contributed by atoms with Gasteiger partial charge < -0.3 is 10.0 Å². The standard InChI is InChI=1S/C15H25NO3/c1-14(2)7-5-4-6-11(14)12(17)16-9-8-15(3,10-16)13(18)19/h11H,4-10H2,1-3H3,(H,18,19). The largest absolute Gasteiger partial charge is 0.481 e. The maximum Gasteiger partial charge on any atom is 0.311 e. The van der Waals surface area contributed by atoms with Crippen LogP contribution in [0.3, 0.4) is 0 Å². The van der Waals surface area contributed by atoms with Crippen LogP contribution in [0.1, 0.15) is 52.9 Å². The monoisotopic (exact) mass is 267 g/mol. The summed E-state index contributed by atoms with van der Waals surface area (Å²) < 4.78 is 0. The molecule has 2 atom stereocenters. The summed E-state index contributed by atoms with van der Waals surface area (Å²) in [4.78, 5) is 25.7. The second-order valence-corrected chi connectivity index (χ2v) is 7.16. The van der Waals surface area contributed by atoms with Gasteiger partial charge in [0.2, 0.25) is 5.91 Å². The fraction of sp³-hybridized carbons (Fsp3) is 0.867. The van der Waals surface area contributed by atoms with Crippen molar-refractivity contribution in [1.29, 1.82) is 0 Å². The van der Waals surface area contributed by atoms with E-state index in [-0.39, 0.29) is 17.2 Å². The van der Waals surface area contributed by atoms with Crippen molar-refractivity contribution in [2.45, 2.75) is 52.9 Å². The predicted molar refractivity (Wildman–Crippen MR) is 72.7 cm³/mol. The Bertz CT molecular complexity index is 391. The van der Waals surface area contributed by atoms with Gasteiger partial charge in [0.25, 0.3) is 0 Å². The number of hydrogen-bond acceptors (Lipinski definition) is 2. The fourth-order valence-electron chi connectivity index (χ4n) is 3.50. The molecular formula is C15H25NO3. The Morgan fingerprint density at radius 3 is 2.37 bits per heavy atom. The molecule has 1 aliphatic heterocycles. The van der Waals surface area contributed by atoms with E-state index in [1.165, 1.54) is 6.42 Å². The van der Waals surface area contributed by atoms with Crippen LogP contribution >= 0.6 is 0 Å². The first kappa shape index (κ1) is 14.4. The lowest BCUT2D eigenvalue weighted by Gasteiger charge is -2.39. The van der Waals surface area contributed by atoms with Crippen molar-refractivity contribution in [3.05, 3.63) is 0 Å². The van der Waals surface area contributed by atoms with Crippen LogP contribution < -0.4 is 0 Å². The number of carbonyl (C=O) groups excluding carboxylic acids is 1. The molecule has 1 saturated carbocycles. The number of nitrogens with zero attached hydrogens (tertiary/aromatic N) is 1. The number of rotatable bonds is 2. The van der Waals surface area contributed by atoms with Gasteiger partial charge in [0.05, 0.1) is 5.41 Å². The summed E-state index contributed by atoms with van der Waals surface area (Å²) in [6, 6.07) is 0. The topological polar surface area (TPSA) is 57.6 Å². The minimum atomic E-state index is -0.786. The summed E-state index contributed by atoms with van der Waals surface area (Å²) in [5.74, 6) is -0.544. The molecule has 1 aliphatic carbocycles. The van der Waals surface area contributed by atoms with Gasteiger partial charge in [-0.05, 0) is 31.6 Å². The van der Waals surface area contributed by atoms with E-state index in [2.05, 4.69) is 13.8 Å². The van der Waals surface area contributed by atoms with E-state index in [4.69, 9.17) is 0 Å². The maximum absolute atomic E-state index is 12.7. The molecule has 0 aromatic rings. The van der Waals surface area contributed by atoms with E-state index in [1.807, 2.05) is 0 Å². The summed E-state index contributed by atoms with van der Waals surface area (Å²) in [7, 11) is 0. The van der Waals surface area contributed by atoms with Gasteiger partial charge in [-0.25, -0.2) is 0 Å². The molecule has 2 rings (SSSR count). The molecule has 2 unspecified atom stereocenters. The van der Waals surface area contributed by atoms with Crippen molar-refractivity contribution >= 4 is 11.9 Å². The van der Waals surface area contributed by atoms with Gasteiger partial charge in [-0.3, -0.25) is 9.59 Å². The highest BCUT2D eigenvalue weighted by Gasteiger charge is 2.46. The summed E-state index contributed by atoms with van der Waals surface area (Å²) in [6.45, 7) is 7.04. The van der Waals surface area contributed by atoms with Crippen LogP contribution in [0.4, 0.5) is 0 Å². The molecule has 1 heterocycles. The zero-order chi connectivity index (χ0) is 14.3. The molecule has 0 aromatic heterocycles. The third kappa shape index (κ3) is 2.63. The molecule has 2 fully saturated rings. The van der Waals surface area contributed by atoms with Crippen molar-refractivity contribution < 1.29 is 14.7 Å². The molecule has 0 bridgehead atoms. The van der Waals surface area contributed by atoms with Crippen molar-refractivity contribution in [3.8, 4) is 0 Å². The number of carboxylic acid groups (broad SMARTS) is 1. The molecular weight excluding hydrogens is 242 g/mol. The Morgan fingerprint density at radius 2 is 1.84 bits per heavy atom. The molecule has 1 saturated heterocycles. The average molecular weight is 267 g/mol. The minimum absolute atomic E-state index is 0.0531. The second kappa shape index (κ2) is 4.80. The zero-order valence-electron chi connectivity index (χ0n) is 12.2.